The van der Waals surface area contributed by atoms with Crippen LogP contribution in [0.15, 0.2) is 35.7 Å². The molecule has 27 heavy (non-hydrogen) atoms. The molecule has 3 heterocycles. The maximum absolute atomic E-state index is 12.7. The average Bonchev–Trinajstić information content (AvgIpc) is 3.34. The molecule has 2 aromatic heterocycles. The minimum atomic E-state index is -0.320. The fourth-order valence-corrected chi connectivity index (χ4v) is 3.92. The lowest BCUT2D eigenvalue weighted by atomic mass is 10.2. The van der Waals surface area contributed by atoms with Crippen LogP contribution in [0.25, 0.3) is 21.6 Å². The number of piperazine rings is 1. The van der Waals surface area contributed by atoms with E-state index in [1.54, 1.807) is 22.1 Å². The Labute approximate surface area is 160 Å². The molecule has 140 valence electrons. The highest BCUT2D eigenvalue weighted by molar-refractivity contribution is 7.13. The van der Waals surface area contributed by atoms with Crippen LogP contribution >= 0.6 is 11.3 Å². The SMILES string of the molecule is CCOC(=O)N1CCN(C(=O)c2csc(-c3cc4ccccc4[nH]3)n2)CC1. The summed E-state index contributed by atoms with van der Waals surface area (Å²) in [5.74, 6) is -0.0999. The van der Waals surface area contributed by atoms with Gasteiger partial charge in [-0.3, -0.25) is 4.79 Å². The van der Waals surface area contributed by atoms with Crippen LogP contribution in [0, 0.1) is 0 Å². The van der Waals surface area contributed by atoms with E-state index in [1.807, 2.05) is 30.3 Å². The number of hydrogen-bond acceptors (Lipinski definition) is 5. The number of ether oxygens (including phenoxy) is 1. The lowest BCUT2D eigenvalue weighted by Crippen LogP contribution is -2.50. The largest absolute Gasteiger partial charge is 0.450 e. The Morgan fingerprint density at radius 3 is 2.67 bits per heavy atom. The third-order valence-corrected chi connectivity index (χ3v) is 5.45. The number of nitrogens with one attached hydrogen (secondary N) is 1. The molecule has 1 aliphatic heterocycles. The molecule has 2 amide bonds. The molecule has 8 heteroatoms. The van der Waals surface area contributed by atoms with Gasteiger partial charge in [-0.15, -0.1) is 11.3 Å². The van der Waals surface area contributed by atoms with Crippen molar-refractivity contribution in [2.75, 3.05) is 32.8 Å². The lowest BCUT2D eigenvalue weighted by Gasteiger charge is -2.33. The molecule has 7 nitrogen and oxygen atoms in total. The summed E-state index contributed by atoms with van der Waals surface area (Å²) in [6, 6.07) is 10.1. The third-order valence-electron chi connectivity index (χ3n) is 4.58. The van der Waals surface area contributed by atoms with E-state index in [0.717, 1.165) is 21.6 Å². The number of rotatable bonds is 3. The molecule has 3 aromatic rings. The molecule has 0 spiro atoms. The minimum absolute atomic E-state index is 0.0999. The number of hydrogen-bond donors (Lipinski definition) is 1. The highest BCUT2D eigenvalue weighted by Gasteiger charge is 2.26. The number of amides is 2. The molecule has 4 rings (SSSR count). The quantitative estimate of drug-likeness (QED) is 0.752. The Bertz CT molecular complexity index is 939. The number of aromatic nitrogens is 2. The van der Waals surface area contributed by atoms with Crippen molar-refractivity contribution >= 4 is 34.2 Å². The molecule has 0 atom stereocenters. The Hall–Kier alpha value is -2.87. The number of carbonyl (C=O) groups is 2. The van der Waals surface area contributed by atoms with Gasteiger partial charge in [0.2, 0.25) is 0 Å². The Balaban J connectivity index is 1.44. The summed E-state index contributed by atoms with van der Waals surface area (Å²) in [4.78, 5) is 35.7. The maximum atomic E-state index is 12.7. The monoisotopic (exact) mass is 384 g/mol. The highest BCUT2D eigenvalue weighted by atomic mass is 32.1. The predicted octanol–water partition coefficient (Wildman–Crippen LogP) is 3.21. The molecule has 1 fully saturated rings. The van der Waals surface area contributed by atoms with Crippen LogP contribution in [-0.4, -0.2) is 64.6 Å². The van der Waals surface area contributed by atoms with Crippen molar-refractivity contribution in [2.24, 2.45) is 0 Å². The average molecular weight is 384 g/mol. The molecule has 1 saturated heterocycles. The van der Waals surface area contributed by atoms with E-state index in [0.29, 0.717) is 38.5 Å². The molecule has 0 saturated carbocycles. The second kappa shape index (κ2) is 7.40. The van der Waals surface area contributed by atoms with Crippen molar-refractivity contribution in [2.45, 2.75) is 6.92 Å². The fraction of sp³-hybridized carbons (Fsp3) is 0.316. The van der Waals surface area contributed by atoms with Crippen LogP contribution in [0.1, 0.15) is 17.4 Å². The van der Waals surface area contributed by atoms with Crippen LogP contribution in [-0.2, 0) is 4.74 Å². The Morgan fingerprint density at radius 1 is 1.19 bits per heavy atom. The van der Waals surface area contributed by atoms with Crippen LogP contribution in [0.4, 0.5) is 4.79 Å². The normalized spacial score (nSPS) is 14.6. The number of thiazole rings is 1. The number of para-hydroxylation sites is 1. The number of aromatic amines is 1. The van der Waals surface area contributed by atoms with Gasteiger partial charge in [-0.1, -0.05) is 18.2 Å². The second-order valence-electron chi connectivity index (χ2n) is 6.29. The smallest absolute Gasteiger partial charge is 0.409 e. The van der Waals surface area contributed by atoms with Gasteiger partial charge >= 0.3 is 6.09 Å². The summed E-state index contributed by atoms with van der Waals surface area (Å²) in [5.41, 5.74) is 2.40. The van der Waals surface area contributed by atoms with E-state index < -0.39 is 0 Å². The maximum Gasteiger partial charge on any atom is 0.409 e. The molecule has 1 aromatic carbocycles. The van der Waals surface area contributed by atoms with Gasteiger partial charge in [0.1, 0.15) is 10.7 Å². The lowest BCUT2D eigenvalue weighted by molar-refractivity contribution is 0.0566. The van der Waals surface area contributed by atoms with Crippen molar-refractivity contribution in [3.63, 3.8) is 0 Å². The summed E-state index contributed by atoms with van der Waals surface area (Å²) < 4.78 is 5.01. The van der Waals surface area contributed by atoms with E-state index in [1.165, 1.54) is 11.3 Å². The Kier molecular flexibility index (Phi) is 4.81. The first-order valence-electron chi connectivity index (χ1n) is 8.90. The first-order chi connectivity index (χ1) is 13.2. The fourth-order valence-electron chi connectivity index (χ4n) is 3.15. The topological polar surface area (TPSA) is 78.5 Å². The Morgan fingerprint density at radius 2 is 1.93 bits per heavy atom. The van der Waals surface area contributed by atoms with E-state index in [2.05, 4.69) is 9.97 Å². The summed E-state index contributed by atoms with van der Waals surface area (Å²) in [5, 5.41) is 3.70. The second-order valence-corrected chi connectivity index (χ2v) is 7.14. The van der Waals surface area contributed by atoms with Crippen molar-refractivity contribution in [3.05, 3.63) is 41.4 Å². The van der Waals surface area contributed by atoms with Gasteiger partial charge in [0.15, 0.2) is 0 Å². The number of nitrogens with zero attached hydrogens (tertiary/aromatic N) is 3. The van der Waals surface area contributed by atoms with Gasteiger partial charge in [-0.25, -0.2) is 9.78 Å². The summed E-state index contributed by atoms with van der Waals surface area (Å²) in [6.07, 6.45) is -0.320. The van der Waals surface area contributed by atoms with Crippen molar-refractivity contribution in [1.82, 2.24) is 19.8 Å². The summed E-state index contributed by atoms with van der Waals surface area (Å²) in [6.45, 7) is 4.05. The third kappa shape index (κ3) is 3.52. The van der Waals surface area contributed by atoms with Crippen molar-refractivity contribution in [1.29, 1.82) is 0 Å². The molecule has 0 bridgehead atoms. The van der Waals surface area contributed by atoms with Crippen LogP contribution in [0.3, 0.4) is 0 Å². The van der Waals surface area contributed by atoms with Crippen LogP contribution in [0.2, 0.25) is 0 Å². The minimum Gasteiger partial charge on any atom is -0.450 e. The first kappa shape index (κ1) is 17.5. The molecule has 1 aliphatic rings. The van der Waals surface area contributed by atoms with Crippen molar-refractivity contribution in [3.8, 4) is 10.7 Å². The van der Waals surface area contributed by atoms with Gasteiger partial charge in [-0.05, 0) is 19.1 Å². The predicted molar refractivity (Wildman–Crippen MR) is 104 cm³/mol. The van der Waals surface area contributed by atoms with E-state index in [-0.39, 0.29) is 12.0 Å². The highest BCUT2D eigenvalue weighted by Crippen LogP contribution is 2.27. The molecule has 0 aliphatic carbocycles. The number of carbonyl (C=O) groups excluding carboxylic acids is 2. The van der Waals surface area contributed by atoms with Crippen molar-refractivity contribution < 1.29 is 14.3 Å². The summed E-state index contributed by atoms with van der Waals surface area (Å²) >= 11 is 1.45. The van der Waals surface area contributed by atoms with E-state index >= 15 is 0 Å². The van der Waals surface area contributed by atoms with Gasteiger partial charge in [-0.2, -0.15) is 0 Å². The van der Waals surface area contributed by atoms with Gasteiger partial charge in [0.05, 0.1) is 12.3 Å². The van der Waals surface area contributed by atoms with Crippen LogP contribution in [0.5, 0.6) is 0 Å². The zero-order valence-electron chi connectivity index (χ0n) is 15.0. The standard InChI is InChI=1S/C19H20N4O3S/c1-2-26-19(25)23-9-7-22(8-10-23)18(24)16-12-27-17(21-16)15-11-13-5-3-4-6-14(13)20-15/h3-6,11-12,20H,2,7-10H2,1H3. The zero-order valence-corrected chi connectivity index (χ0v) is 15.8. The van der Waals surface area contributed by atoms with Gasteiger partial charge < -0.3 is 19.5 Å². The molecule has 1 N–H and O–H groups in total. The van der Waals surface area contributed by atoms with Gasteiger partial charge in [0, 0.05) is 42.5 Å². The first-order valence-corrected chi connectivity index (χ1v) is 9.78. The number of fused-ring (bicyclic) bond motifs is 1. The zero-order chi connectivity index (χ0) is 18.8. The summed E-state index contributed by atoms with van der Waals surface area (Å²) in [7, 11) is 0. The molecule has 0 unspecified atom stereocenters. The van der Waals surface area contributed by atoms with Crippen LogP contribution < -0.4 is 0 Å². The van der Waals surface area contributed by atoms with Gasteiger partial charge in [0.25, 0.3) is 5.91 Å². The number of benzene rings is 1. The molecular weight excluding hydrogens is 364 g/mol. The number of H-pyrrole nitrogens is 1. The van der Waals surface area contributed by atoms with E-state index in [9.17, 15) is 9.59 Å². The molecule has 0 radical (unpaired) electrons. The van der Waals surface area contributed by atoms with E-state index in [4.69, 9.17) is 4.74 Å². The molecular formula is C19H20N4O3S.